The first-order chi connectivity index (χ1) is 11.2. The van der Waals surface area contributed by atoms with Crippen LogP contribution in [-0.2, 0) is 4.79 Å². The van der Waals surface area contributed by atoms with E-state index in [0.29, 0.717) is 5.92 Å². The first-order valence-corrected chi connectivity index (χ1v) is 9.45. The molecular weight excluding hydrogens is 308 g/mol. The van der Waals surface area contributed by atoms with Crippen molar-refractivity contribution in [1.82, 2.24) is 10.3 Å². The molecule has 0 unspecified atom stereocenters. The van der Waals surface area contributed by atoms with E-state index >= 15 is 0 Å². The normalized spacial score (nSPS) is 35.2. The van der Waals surface area contributed by atoms with E-state index in [0.717, 1.165) is 29.8 Å². The van der Waals surface area contributed by atoms with Gasteiger partial charge in [-0.25, -0.2) is 4.98 Å². The highest BCUT2D eigenvalue weighted by Gasteiger charge is 2.38. The summed E-state index contributed by atoms with van der Waals surface area (Å²) in [7, 11) is 0. The Kier molecular flexibility index (Phi) is 3.98. The summed E-state index contributed by atoms with van der Waals surface area (Å²) in [6.07, 6.45) is 12.3. The number of anilines is 1. The Morgan fingerprint density at radius 3 is 2.70 bits per heavy atom. The summed E-state index contributed by atoms with van der Waals surface area (Å²) < 4.78 is 0. The Balaban J connectivity index is 1.34. The third-order valence-electron chi connectivity index (χ3n) is 5.94. The van der Waals surface area contributed by atoms with Crippen LogP contribution in [0, 0.1) is 29.2 Å². The summed E-state index contributed by atoms with van der Waals surface area (Å²) in [5.74, 6) is 2.46. The van der Waals surface area contributed by atoms with Crippen LogP contribution in [0.1, 0.15) is 55.7 Å². The van der Waals surface area contributed by atoms with Gasteiger partial charge < -0.3 is 10.6 Å². The van der Waals surface area contributed by atoms with E-state index in [4.69, 9.17) is 5.26 Å². The standard InChI is InChI=1S/C17H22N4OS/c18-9-20-13-6-12(7-13)16(22)21-17-19-8-15(23-17)14-5-10-1-3-11(14)4-2-10/h8,10-14,20H,1-7H2,(H,19,21,22)/t10?,11?,12-,13-,14-/m1/s1. The van der Waals surface area contributed by atoms with Gasteiger partial charge in [0, 0.05) is 23.0 Å². The predicted octanol–water partition coefficient (Wildman–Crippen LogP) is 3.22. The van der Waals surface area contributed by atoms with E-state index in [2.05, 4.69) is 15.6 Å². The van der Waals surface area contributed by atoms with E-state index in [-0.39, 0.29) is 17.9 Å². The smallest absolute Gasteiger partial charge is 0.229 e. The fourth-order valence-electron chi connectivity index (χ4n) is 4.49. The molecule has 1 heterocycles. The molecule has 2 N–H and O–H groups in total. The van der Waals surface area contributed by atoms with Crippen LogP contribution in [0.5, 0.6) is 0 Å². The minimum absolute atomic E-state index is 0.0129. The van der Waals surface area contributed by atoms with Gasteiger partial charge in [-0.05, 0) is 49.9 Å². The maximum absolute atomic E-state index is 12.2. The van der Waals surface area contributed by atoms with E-state index in [1.165, 1.54) is 37.0 Å². The van der Waals surface area contributed by atoms with Gasteiger partial charge in [0.15, 0.2) is 11.3 Å². The molecule has 0 radical (unpaired) electrons. The van der Waals surface area contributed by atoms with Gasteiger partial charge in [-0.1, -0.05) is 12.8 Å². The molecule has 4 fully saturated rings. The Labute approximate surface area is 140 Å². The van der Waals surface area contributed by atoms with Gasteiger partial charge in [0.25, 0.3) is 0 Å². The van der Waals surface area contributed by atoms with Crippen molar-refractivity contribution >= 4 is 22.4 Å². The first-order valence-electron chi connectivity index (χ1n) is 8.64. The molecule has 1 aromatic heterocycles. The quantitative estimate of drug-likeness (QED) is 0.656. The molecule has 4 aliphatic carbocycles. The molecule has 122 valence electrons. The topological polar surface area (TPSA) is 77.8 Å². The Hall–Kier alpha value is -1.61. The molecule has 5 nitrogen and oxygen atoms in total. The van der Waals surface area contributed by atoms with E-state index in [1.54, 1.807) is 11.3 Å². The number of fused-ring (bicyclic) bond motifs is 3. The molecule has 1 aromatic rings. The Morgan fingerprint density at radius 2 is 2.04 bits per heavy atom. The SMILES string of the molecule is N#CN[C@H]1C[C@H](C(=O)Nc2ncc([C@@H]3CC4CCC3CC4)s2)C1. The molecule has 5 rings (SSSR count). The van der Waals surface area contributed by atoms with Crippen LogP contribution in [0.15, 0.2) is 6.20 Å². The van der Waals surface area contributed by atoms with Gasteiger partial charge in [0.2, 0.25) is 5.91 Å². The van der Waals surface area contributed by atoms with Gasteiger partial charge in [-0.15, -0.1) is 11.3 Å². The molecule has 1 amide bonds. The van der Waals surface area contributed by atoms with Gasteiger partial charge in [0.1, 0.15) is 0 Å². The highest BCUT2D eigenvalue weighted by Crippen LogP contribution is 2.50. The third-order valence-corrected chi connectivity index (χ3v) is 6.99. The highest BCUT2D eigenvalue weighted by atomic mass is 32.1. The lowest BCUT2D eigenvalue weighted by atomic mass is 9.64. The molecule has 0 aromatic carbocycles. The fourth-order valence-corrected chi connectivity index (χ4v) is 5.52. The second kappa shape index (κ2) is 6.12. The van der Waals surface area contributed by atoms with Crippen molar-refractivity contribution < 1.29 is 4.79 Å². The zero-order valence-corrected chi connectivity index (χ0v) is 13.9. The van der Waals surface area contributed by atoms with Crippen LogP contribution >= 0.6 is 11.3 Å². The maximum atomic E-state index is 12.2. The summed E-state index contributed by atoms with van der Waals surface area (Å²) in [4.78, 5) is 18.0. The largest absolute Gasteiger partial charge is 0.321 e. The van der Waals surface area contributed by atoms with E-state index in [9.17, 15) is 4.79 Å². The van der Waals surface area contributed by atoms with Crippen molar-refractivity contribution in [2.45, 2.75) is 56.9 Å². The number of nitrogens with zero attached hydrogens (tertiary/aromatic N) is 2. The van der Waals surface area contributed by atoms with Gasteiger partial charge in [-0.2, -0.15) is 5.26 Å². The highest BCUT2D eigenvalue weighted by molar-refractivity contribution is 7.15. The third kappa shape index (κ3) is 2.94. The Bertz CT molecular complexity index is 623. The number of carbonyl (C=O) groups is 1. The zero-order valence-electron chi connectivity index (χ0n) is 13.1. The number of carbonyl (C=O) groups excluding carboxylic acids is 1. The number of hydrogen-bond donors (Lipinski definition) is 2. The number of hydrogen-bond acceptors (Lipinski definition) is 5. The van der Waals surface area contributed by atoms with Crippen LogP contribution in [0.2, 0.25) is 0 Å². The van der Waals surface area contributed by atoms with Crippen molar-refractivity contribution in [3.05, 3.63) is 11.1 Å². The molecule has 2 bridgehead atoms. The maximum Gasteiger partial charge on any atom is 0.229 e. The van der Waals surface area contributed by atoms with Gasteiger partial charge in [-0.3, -0.25) is 4.79 Å². The number of nitriles is 1. The van der Waals surface area contributed by atoms with Crippen molar-refractivity contribution in [3.8, 4) is 6.19 Å². The molecule has 4 aliphatic rings. The average Bonchev–Trinajstić information content (AvgIpc) is 2.99. The lowest BCUT2D eigenvalue weighted by Crippen LogP contribution is -2.44. The molecule has 0 saturated heterocycles. The molecule has 4 saturated carbocycles. The number of rotatable bonds is 4. The second-order valence-corrected chi connectivity index (χ2v) is 8.36. The summed E-state index contributed by atoms with van der Waals surface area (Å²) in [5, 5.41) is 15.0. The van der Waals surface area contributed by atoms with E-state index < -0.39 is 0 Å². The average molecular weight is 330 g/mol. The van der Waals surface area contributed by atoms with E-state index in [1.807, 2.05) is 12.4 Å². The molecular formula is C17H22N4OS. The molecule has 0 spiro atoms. The van der Waals surface area contributed by atoms with Crippen LogP contribution in [-0.4, -0.2) is 16.9 Å². The monoisotopic (exact) mass is 330 g/mol. The fraction of sp³-hybridized carbons (Fsp3) is 0.706. The van der Waals surface area contributed by atoms with Crippen molar-refractivity contribution in [2.75, 3.05) is 5.32 Å². The molecule has 1 atom stereocenters. The minimum Gasteiger partial charge on any atom is -0.321 e. The van der Waals surface area contributed by atoms with Crippen LogP contribution in [0.25, 0.3) is 0 Å². The predicted molar refractivity (Wildman–Crippen MR) is 88.8 cm³/mol. The first kappa shape index (κ1) is 14.9. The lowest BCUT2D eigenvalue weighted by molar-refractivity contribution is -0.122. The van der Waals surface area contributed by atoms with Crippen molar-refractivity contribution in [3.63, 3.8) is 0 Å². The summed E-state index contributed by atoms with van der Waals surface area (Å²) in [6.45, 7) is 0. The second-order valence-electron chi connectivity index (χ2n) is 7.30. The Morgan fingerprint density at radius 1 is 1.26 bits per heavy atom. The summed E-state index contributed by atoms with van der Waals surface area (Å²) >= 11 is 1.66. The van der Waals surface area contributed by atoms with Crippen molar-refractivity contribution in [1.29, 1.82) is 5.26 Å². The molecule has 0 aliphatic heterocycles. The van der Waals surface area contributed by atoms with Gasteiger partial charge in [0.05, 0.1) is 0 Å². The van der Waals surface area contributed by atoms with Crippen LogP contribution in [0.3, 0.4) is 0 Å². The summed E-state index contributed by atoms with van der Waals surface area (Å²) in [5.41, 5.74) is 0. The van der Waals surface area contributed by atoms with Crippen molar-refractivity contribution in [2.24, 2.45) is 17.8 Å². The van der Waals surface area contributed by atoms with Gasteiger partial charge >= 0.3 is 0 Å². The number of aromatic nitrogens is 1. The number of amides is 1. The number of nitrogens with one attached hydrogen (secondary N) is 2. The number of thiazole rings is 1. The lowest BCUT2D eigenvalue weighted by Gasteiger charge is -2.41. The minimum atomic E-state index is 0.0129. The molecule has 23 heavy (non-hydrogen) atoms. The van der Waals surface area contributed by atoms with Crippen LogP contribution < -0.4 is 10.6 Å². The zero-order chi connectivity index (χ0) is 15.8. The van der Waals surface area contributed by atoms with Crippen LogP contribution in [0.4, 0.5) is 5.13 Å². The summed E-state index contributed by atoms with van der Waals surface area (Å²) in [6, 6.07) is 0.167. The molecule has 6 heteroatoms.